The van der Waals surface area contributed by atoms with E-state index in [1.165, 1.54) is 31.3 Å². The van der Waals surface area contributed by atoms with Crippen LogP contribution in [0.2, 0.25) is 0 Å². The first-order valence-electron chi connectivity index (χ1n) is 9.35. The smallest absolute Gasteiger partial charge is 0.225 e. The van der Waals surface area contributed by atoms with Crippen molar-refractivity contribution in [1.82, 2.24) is 14.7 Å². The lowest BCUT2D eigenvalue weighted by atomic mass is 9.97. The van der Waals surface area contributed by atoms with E-state index in [0.29, 0.717) is 6.42 Å². The molecule has 1 aromatic carbocycles. The number of fused-ring (bicyclic) bond motifs is 1. The Morgan fingerprint density at radius 2 is 2.26 bits per heavy atom. The predicted molar refractivity (Wildman–Crippen MR) is 114 cm³/mol. The van der Waals surface area contributed by atoms with Gasteiger partial charge in [0.05, 0.1) is 12.1 Å². The average molecular weight is 444 g/mol. The monoisotopic (exact) mass is 443 g/mol. The zero-order chi connectivity index (χ0) is 18.6. The van der Waals surface area contributed by atoms with E-state index in [2.05, 4.69) is 33.4 Å². The van der Waals surface area contributed by atoms with Crippen LogP contribution in [0.4, 0.5) is 0 Å². The number of imidazole rings is 1. The van der Waals surface area contributed by atoms with Crippen molar-refractivity contribution in [2.75, 3.05) is 6.54 Å². The van der Waals surface area contributed by atoms with Crippen molar-refractivity contribution >= 4 is 38.1 Å². The van der Waals surface area contributed by atoms with Crippen molar-refractivity contribution in [2.24, 2.45) is 0 Å². The number of hydrogen-bond donors (Lipinski definition) is 1. The molecule has 0 saturated heterocycles. The normalized spacial score (nSPS) is 14.3. The van der Waals surface area contributed by atoms with Gasteiger partial charge in [-0.2, -0.15) is 0 Å². The fourth-order valence-electron chi connectivity index (χ4n) is 3.46. The number of carbonyl (C=O) groups excluding carboxylic acids is 1. The zero-order valence-corrected chi connectivity index (χ0v) is 17.5. The van der Waals surface area contributed by atoms with Gasteiger partial charge in [-0.1, -0.05) is 39.7 Å². The molecule has 1 N–H and O–H groups in total. The lowest BCUT2D eigenvalue weighted by Gasteiger charge is -2.12. The number of allylic oxidation sites excluding steroid dienone is 1. The van der Waals surface area contributed by atoms with Crippen molar-refractivity contribution in [3.05, 3.63) is 57.7 Å². The Kier molecular flexibility index (Phi) is 5.74. The Morgan fingerprint density at radius 3 is 3.07 bits per heavy atom. The summed E-state index contributed by atoms with van der Waals surface area (Å²) < 4.78 is 3.06. The molecule has 2 aromatic heterocycles. The fraction of sp³-hybridized carbons (Fsp3) is 0.333. The van der Waals surface area contributed by atoms with Gasteiger partial charge in [-0.15, -0.1) is 11.3 Å². The summed E-state index contributed by atoms with van der Waals surface area (Å²) >= 11 is 5.08. The minimum absolute atomic E-state index is 0.0730. The molecule has 27 heavy (non-hydrogen) atoms. The van der Waals surface area contributed by atoms with Crippen molar-refractivity contribution in [1.29, 1.82) is 0 Å². The van der Waals surface area contributed by atoms with E-state index in [-0.39, 0.29) is 5.91 Å². The number of hydrogen-bond acceptors (Lipinski definition) is 3. The second-order valence-corrected chi connectivity index (χ2v) is 8.65. The molecule has 0 saturated carbocycles. The minimum Gasteiger partial charge on any atom is -0.355 e. The van der Waals surface area contributed by atoms with Crippen LogP contribution in [0.1, 0.15) is 37.8 Å². The van der Waals surface area contributed by atoms with E-state index < -0.39 is 0 Å². The summed E-state index contributed by atoms with van der Waals surface area (Å²) in [6.07, 6.45) is 10.7. The molecule has 0 atom stereocenters. The number of nitrogens with zero attached hydrogens (tertiary/aromatic N) is 2. The molecule has 0 unspecified atom stereocenters. The maximum atomic E-state index is 12.4. The van der Waals surface area contributed by atoms with Gasteiger partial charge < -0.3 is 5.32 Å². The van der Waals surface area contributed by atoms with E-state index in [1.807, 2.05) is 34.2 Å². The van der Waals surface area contributed by atoms with Gasteiger partial charge in [0, 0.05) is 33.9 Å². The molecule has 0 radical (unpaired) electrons. The van der Waals surface area contributed by atoms with E-state index >= 15 is 0 Å². The van der Waals surface area contributed by atoms with Crippen molar-refractivity contribution in [3.8, 4) is 11.3 Å². The van der Waals surface area contributed by atoms with Gasteiger partial charge in [0.2, 0.25) is 5.91 Å². The van der Waals surface area contributed by atoms with Crippen molar-refractivity contribution in [3.63, 3.8) is 0 Å². The maximum Gasteiger partial charge on any atom is 0.225 e. The van der Waals surface area contributed by atoms with E-state index in [4.69, 9.17) is 4.98 Å². The molecular weight excluding hydrogens is 422 g/mol. The Balaban J connectivity index is 1.40. The standard InChI is InChI=1S/C21H22BrN3OS/c22-17-8-4-7-16(11-17)19-13-25-18(14-27-21(25)24-19)12-20(26)23-10-9-15-5-2-1-3-6-15/h4-5,7-8,11,13-14H,1-3,6,9-10,12H2,(H,23,26). The first-order valence-corrected chi connectivity index (χ1v) is 11.0. The van der Waals surface area contributed by atoms with Gasteiger partial charge in [0.1, 0.15) is 0 Å². The number of benzene rings is 1. The number of carbonyl (C=O) groups is 1. The molecule has 1 aliphatic carbocycles. The van der Waals surface area contributed by atoms with Gasteiger partial charge in [-0.25, -0.2) is 4.98 Å². The molecule has 0 bridgehead atoms. The molecular formula is C21H22BrN3OS. The number of thiazole rings is 1. The molecule has 1 aliphatic rings. The number of nitrogens with one attached hydrogen (secondary N) is 1. The van der Waals surface area contributed by atoms with Crippen LogP contribution >= 0.6 is 27.3 Å². The van der Waals surface area contributed by atoms with E-state index in [9.17, 15) is 4.79 Å². The SMILES string of the molecule is O=C(Cc1csc2nc(-c3cccc(Br)c3)cn12)NCCC1=CCCCC1. The van der Waals surface area contributed by atoms with Crippen LogP contribution in [0.15, 0.2) is 52.0 Å². The molecule has 6 heteroatoms. The average Bonchev–Trinajstić information content (AvgIpc) is 3.25. The summed E-state index contributed by atoms with van der Waals surface area (Å²) in [5.74, 6) is 0.0730. The summed E-state index contributed by atoms with van der Waals surface area (Å²) in [6, 6.07) is 8.10. The third kappa shape index (κ3) is 4.50. The molecule has 1 amide bonds. The fourth-order valence-corrected chi connectivity index (χ4v) is 4.74. The lowest BCUT2D eigenvalue weighted by Crippen LogP contribution is -2.26. The highest BCUT2D eigenvalue weighted by atomic mass is 79.9. The van der Waals surface area contributed by atoms with Crippen LogP contribution in [0.3, 0.4) is 0 Å². The Bertz CT molecular complexity index is 988. The molecule has 2 heterocycles. The second kappa shape index (κ2) is 8.40. The molecule has 140 valence electrons. The minimum atomic E-state index is 0.0730. The largest absolute Gasteiger partial charge is 0.355 e. The highest BCUT2D eigenvalue weighted by Gasteiger charge is 2.13. The molecule has 3 aromatic rings. The van der Waals surface area contributed by atoms with Crippen molar-refractivity contribution in [2.45, 2.75) is 38.5 Å². The van der Waals surface area contributed by atoms with Gasteiger partial charge in [0.15, 0.2) is 4.96 Å². The Labute approximate surface area is 171 Å². The van der Waals surface area contributed by atoms with Crippen LogP contribution in [0, 0.1) is 0 Å². The van der Waals surface area contributed by atoms with Crippen LogP contribution in [0.25, 0.3) is 16.2 Å². The van der Waals surface area contributed by atoms with Crippen LogP contribution in [-0.2, 0) is 11.2 Å². The highest BCUT2D eigenvalue weighted by molar-refractivity contribution is 9.10. The number of halogens is 1. The van der Waals surface area contributed by atoms with Crippen LogP contribution in [-0.4, -0.2) is 21.8 Å². The summed E-state index contributed by atoms with van der Waals surface area (Å²) in [5, 5.41) is 5.09. The molecule has 0 aliphatic heterocycles. The lowest BCUT2D eigenvalue weighted by molar-refractivity contribution is -0.120. The van der Waals surface area contributed by atoms with Crippen molar-refractivity contribution < 1.29 is 4.79 Å². The molecule has 0 fully saturated rings. The Morgan fingerprint density at radius 1 is 1.33 bits per heavy atom. The van der Waals surface area contributed by atoms with Gasteiger partial charge in [-0.05, 0) is 44.2 Å². The summed E-state index contributed by atoms with van der Waals surface area (Å²) in [5.41, 5.74) is 4.47. The first kappa shape index (κ1) is 18.4. The quantitative estimate of drug-likeness (QED) is 0.520. The summed E-state index contributed by atoms with van der Waals surface area (Å²) in [4.78, 5) is 18.0. The summed E-state index contributed by atoms with van der Waals surface area (Å²) in [7, 11) is 0. The zero-order valence-electron chi connectivity index (χ0n) is 15.1. The predicted octanol–water partition coefficient (Wildman–Crippen LogP) is 5.37. The first-order chi connectivity index (χ1) is 13.2. The number of aromatic nitrogens is 2. The molecule has 4 nitrogen and oxygen atoms in total. The third-order valence-electron chi connectivity index (χ3n) is 4.90. The maximum absolute atomic E-state index is 12.4. The number of rotatable bonds is 6. The van der Waals surface area contributed by atoms with Crippen LogP contribution < -0.4 is 5.32 Å². The van der Waals surface area contributed by atoms with E-state index in [1.54, 1.807) is 11.3 Å². The van der Waals surface area contributed by atoms with Gasteiger partial charge in [-0.3, -0.25) is 9.20 Å². The highest BCUT2D eigenvalue weighted by Crippen LogP contribution is 2.26. The van der Waals surface area contributed by atoms with Gasteiger partial charge in [0.25, 0.3) is 0 Å². The second-order valence-electron chi connectivity index (χ2n) is 6.90. The van der Waals surface area contributed by atoms with E-state index in [0.717, 1.165) is 39.4 Å². The number of amides is 1. The Hall–Kier alpha value is -1.92. The third-order valence-corrected chi connectivity index (χ3v) is 6.28. The molecule has 0 spiro atoms. The van der Waals surface area contributed by atoms with Gasteiger partial charge >= 0.3 is 0 Å². The topological polar surface area (TPSA) is 46.4 Å². The van der Waals surface area contributed by atoms with Crippen LogP contribution in [0.5, 0.6) is 0 Å². The summed E-state index contributed by atoms with van der Waals surface area (Å²) in [6.45, 7) is 0.727. The molecule has 4 rings (SSSR count).